The van der Waals surface area contributed by atoms with Gasteiger partial charge in [-0.2, -0.15) is 0 Å². The number of hydrogen-bond acceptors (Lipinski definition) is 2. The standard InChI is InChI=1S/C13H11BrF2N2/c1-7-6-8(14)2-5-11(7)18-13-10(17)4-3-9(15)12(13)16/h2-6,18H,17H2,1H3. The van der Waals surface area contributed by atoms with Crippen molar-refractivity contribution >= 4 is 33.0 Å². The normalized spacial score (nSPS) is 10.4. The molecule has 0 saturated heterocycles. The first-order valence-corrected chi connectivity index (χ1v) is 6.05. The highest BCUT2D eigenvalue weighted by Gasteiger charge is 2.12. The van der Waals surface area contributed by atoms with E-state index in [4.69, 9.17) is 5.73 Å². The van der Waals surface area contributed by atoms with Gasteiger partial charge in [0.2, 0.25) is 0 Å². The first-order chi connectivity index (χ1) is 8.49. The average molecular weight is 313 g/mol. The van der Waals surface area contributed by atoms with Crippen LogP contribution in [0.4, 0.5) is 25.8 Å². The van der Waals surface area contributed by atoms with Gasteiger partial charge >= 0.3 is 0 Å². The smallest absolute Gasteiger partial charge is 0.184 e. The van der Waals surface area contributed by atoms with Crippen LogP contribution in [0.3, 0.4) is 0 Å². The van der Waals surface area contributed by atoms with Crippen LogP contribution in [0.25, 0.3) is 0 Å². The van der Waals surface area contributed by atoms with Gasteiger partial charge in [0.05, 0.1) is 5.69 Å². The number of aryl methyl sites for hydroxylation is 1. The molecule has 0 aromatic heterocycles. The zero-order chi connectivity index (χ0) is 13.3. The molecule has 0 fully saturated rings. The highest BCUT2D eigenvalue weighted by atomic mass is 79.9. The molecule has 0 amide bonds. The minimum absolute atomic E-state index is 0.0413. The third-order valence-corrected chi connectivity index (χ3v) is 3.07. The minimum Gasteiger partial charge on any atom is -0.397 e. The van der Waals surface area contributed by atoms with Crippen LogP contribution >= 0.6 is 15.9 Å². The number of halogens is 3. The summed E-state index contributed by atoms with van der Waals surface area (Å²) < 4.78 is 27.7. The van der Waals surface area contributed by atoms with Crippen molar-refractivity contribution in [2.45, 2.75) is 6.92 Å². The first kappa shape index (κ1) is 12.8. The van der Waals surface area contributed by atoms with Crippen LogP contribution in [0.2, 0.25) is 0 Å². The molecule has 2 aromatic rings. The molecule has 0 atom stereocenters. The molecule has 18 heavy (non-hydrogen) atoms. The zero-order valence-corrected chi connectivity index (χ0v) is 11.2. The second-order valence-corrected chi connectivity index (χ2v) is 4.83. The van der Waals surface area contributed by atoms with Crippen molar-refractivity contribution in [3.8, 4) is 0 Å². The Hall–Kier alpha value is -1.62. The molecular weight excluding hydrogens is 302 g/mol. The molecule has 94 valence electrons. The van der Waals surface area contributed by atoms with E-state index in [9.17, 15) is 8.78 Å². The summed E-state index contributed by atoms with van der Waals surface area (Å²) in [5.74, 6) is -1.90. The minimum atomic E-state index is -0.975. The Labute approximate surface area is 112 Å². The van der Waals surface area contributed by atoms with Crippen molar-refractivity contribution in [3.63, 3.8) is 0 Å². The number of nitrogen functional groups attached to an aromatic ring is 1. The fourth-order valence-corrected chi connectivity index (χ4v) is 2.07. The van der Waals surface area contributed by atoms with Crippen LogP contribution in [0.5, 0.6) is 0 Å². The molecule has 2 aromatic carbocycles. The average Bonchev–Trinajstić information content (AvgIpc) is 2.32. The Morgan fingerprint density at radius 3 is 2.56 bits per heavy atom. The molecule has 3 N–H and O–H groups in total. The molecule has 0 aliphatic rings. The molecule has 0 aliphatic carbocycles. The monoisotopic (exact) mass is 312 g/mol. The van der Waals surface area contributed by atoms with Crippen molar-refractivity contribution in [1.29, 1.82) is 0 Å². The van der Waals surface area contributed by atoms with E-state index in [0.29, 0.717) is 5.69 Å². The summed E-state index contributed by atoms with van der Waals surface area (Å²) in [5.41, 5.74) is 7.33. The molecule has 0 spiro atoms. The maximum Gasteiger partial charge on any atom is 0.184 e. The molecule has 2 rings (SSSR count). The van der Waals surface area contributed by atoms with Gasteiger partial charge in [-0.15, -0.1) is 0 Å². The predicted molar refractivity (Wildman–Crippen MR) is 72.9 cm³/mol. The summed E-state index contributed by atoms with van der Waals surface area (Å²) in [4.78, 5) is 0. The van der Waals surface area contributed by atoms with Gasteiger partial charge in [0.15, 0.2) is 11.6 Å². The molecule has 0 saturated carbocycles. The van der Waals surface area contributed by atoms with Gasteiger partial charge in [-0.1, -0.05) is 15.9 Å². The molecule has 0 aliphatic heterocycles. The molecule has 0 bridgehead atoms. The van der Waals surface area contributed by atoms with Crippen molar-refractivity contribution < 1.29 is 8.78 Å². The Bertz CT molecular complexity index is 600. The molecule has 0 radical (unpaired) electrons. The number of rotatable bonds is 2. The summed E-state index contributed by atoms with van der Waals surface area (Å²) in [6.07, 6.45) is 0. The van der Waals surface area contributed by atoms with Crippen molar-refractivity contribution in [2.24, 2.45) is 0 Å². The van der Waals surface area contributed by atoms with Crippen molar-refractivity contribution in [3.05, 3.63) is 52.0 Å². The predicted octanol–water partition coefficient (Wildman–Crippen LogP) is 4.36. The SMILES string of the molecule is Cc1cc(Br)ccc1Nc1c(N)ccc(F)c1F. The lowest BCUT2D eigenvalue weighted by atomic mass is 10.2. The quantitative estimate of drug-likeness (QED) is 0.808. The van der Waals surface area contributed by atoms with Gasteiger partial charge in [0.1, 0.15) is 5.69 Å². The maximum atomic E-state index is 13.6. The van der Waals surface area contributed by atoms with E-state index in [1.165, 1.54) is 6.07 Å². The fourth-order valence-electron chi connectivity index (χ4n) is 1.59. The van der Waals surface area contributed by atoms with Gasteiger partial charge < -0.3 is 11.1 Å². The number of hydrogen-bond donors (Lipinski definition) is 2. The molecule has 5 heteroatoms. The number of nitrogens with two attached hydrogens (primary N) is 1. The van der Waals surface area contributed by atoms with Gasteiger partial charge in [-0.3, -0.25) is 0 Å². The molecule has 0 heterocycles. The Kier molecular flexibility index (Phi) is 3.52. The summed E-state index contributed by atoms with van der Waals surface area (Å²) in [6.45, 7) is 1.86. The summed E-state index contributed by atoms with van der Waals surface area (Å²) in [6, 6.07) is 7.78. The van der Waals surface area contributed by atoms with E-state index in [0.717, 1.165) is 16.1 Å². The second kappa shape index (κ2) is 4.94. The molecular formula is C13H11BrF2N2. The Balaban J connectivity index is 2.43. The zero-order valence-electron chi connectivity index (χ0n) is 9.60. The fraction of sp³-hybridized carbons (Fsp3) is 0.0769. The van der Waals surface area contributed by atoms with E-state index < -0.39 is 11.6 Å². The summed E-state index contributed by atoms with van der Waals surface area (Å²) in [7, 11) is 0. The van der Waals surface area contributed by atoms with Gasteiger partial charge in [0.25, 0.3) is 0 Å². The summed E-state index contributed by atoms with van der Waals surface area (Å²) >= 11 is 3.34. The number of nitrogens with one attached hydrogen (secondary N) is 1. The third kappa shape index (κ3) is 2.46. The Morgan fingerprint density at radius 1 is 1.17 bits per heavy atom. The Morgan fingerprint density at radius 2 is 1.89 bits per heavy atom. The van der Waals surface area contributed by atoms with E-state index in [1.54, 1.807) is 6.07 Å². The van der Waals surface area contributed by atoms with Crippen molar-refractivity contribution in [1.82, 2.24) is 0 Å². The van der Waals surface area contributed by atoms with Gasteiger partial charge in [0, 0.05) is 10.2 Å². The van der Waals surface area contributed by atoms with Gasteiger partial charge in [-0.25, -0.2) is 8.78 Å². The van der Waals surface area contributed by atoms with Crippen LogP contribution in [0.15, 0.2) is 34.8 Å². The molecule has 0 unspecified atom stereocenters. The lowest BCUT2D eigenvalue weighted by molar-refractivity contribution is 0.512. The molecule has 2 nitrogen and oxygen atoms in total. The topological polar surface area (TPSA) is 38.0 Å². The van der Waals surface area contributed by atoms with Crippen LogP contribution in [-0.4, -0.2) is 0 Å². The van der Waals surface area contributed by atoms with E-state index >= 15 is 0 Å². The van der Waals surface area contributed by atoms with Gasteiger partial charge in [-0.05, 0) is 42.8 Å². The largest absolute Gasteiger partial charge is 0.397 e. The third-order valence-electron chi connectivity index (χ3n) is 2.58. The van der Waals surface area contributed by atoms with E-state index in [2.05, 4.69) is 21.2 Å². The highest BCUT2D eigenvalue weighted by Crippen LogP contribution is 2.30. The maximum absolute atomic E-state index is 13.6. The van der Waals surface area contributed by atoms with Crippen LogP contribution in [-0.2, 0) is 0 Å². The van der Waals surface area contributed by atoms with E-state index in [-0.39, 0.29) is 11.4 Å². The van der Waals surface area contributed by atoms with Crippen LogP contribution in [0, 0.1) is 18.6 Å². The lowest BCUT2D eigenvalue weighted by Crippen LogP contribution is -2.02. The van der Waals surface area contributed by atoms with Crippen molar-refractivity contribution in [2.75, 3.05) is 11.1 Å². The van der Waals surface area contributed by atoms with Crippen LogP contribution in [0.1, 0.15) is 5.56 Å². The number of anilines is 3. The van der Waals surface area contributed by atoms with Crippen LogP contribution < -0.4 is 11.1 Å². The first-order valence-electron chi connectivity index (χ1n) is 5.25. The lowest BCUT2D eigenvalue weighted by Gasteiger charge is -2.13. The van der Waals surface area contributed by atoms with E-state index in [1.807, 2.05) is 19.1 Å². The highest BCUT2D eigenvalue weighted by molar-refractivity contribution is 9.10. The second-order valence-electron chi connectivity index (χ2n) is 3.91. The number of benzene rings is 2. The summed E-state index contributed by atoms with van der Waals surface area (Å²) in [5, 5.41) is 2.82.